The Morgan fingerprint density at radius 2 is 2.13 bits per heavy atom. The van der Waals surface area contributed by atoms with Crippen LogP contribution in [-0.2, 0) is 21.4 Å². The van der Waals surface area contributed by atoms with Crippen molar-refractivity contribution in [2.24, 2.45) is 0 Å². The van der Waals surface area contributed by atoms with Crippen molar-refractivity contribution in [1.29, 1.82) is 0 Å². The highest BCUT2D eigenvalue weighted by Crippen LogP contribution is 1.84. The zero-order valence-corrected chi connectivity index (χ0v) is 8.82. The summed E-state index contributed by atoms with van der Waals surface area (Å²) in [5, 5.41) is 0. The summed E-state index contributed by atoms with van der Waals surface area (Å²) in [5.41, 5.74) is -0.360. The molecule has 1 heterocycles. The summed E-state index contributed by atoms with van der Waals surface area (Å²) in [4.78, 5) is 22.3. The van der Waals surface area contributed by atoms with Crippen molar-refractivity contribution in [2.75, 3.05) is 6.26 Å². The number of nitrogens with zero attached hydrogens (tertiary/aromatic N) is 1. The molecule has 0 fully saturated rings. The number of rotatable bonds is 3. The van der Waals surface area contributed by atoms with Gasteiger partial charge in [-0.25, -0.2) is 8.42 Å². The van der Waals surface area contributed by atoms with Crippen LogP contribution in [0.15, 0.2) is 29.2 Å². The zero-order valence-electron chi connectivity index (χ0n) is 8.00. The summed E-state index contributed by atoms with van der Waals surface area (Å²) in [7, 11) is -3.57. The molecule has 1 N–H and O–H groups in total. The van der Waals surface area contributed by atoms with Crippen molar-refractivity contribution >= 4 is 15.9 Å². The van der Waals surface area contributed by atoms with Crippen molar-refractivity contribution in [2.45, 2.75) is 6.54 Å². The van der Waals surface area contributed by atoms with Crippen molar-refractivity contribution in [3.8, 4) is 0 Å². The van der Waals surface area contributed by atoms with E-state index in [2.05, 4.69) is 0 Å². The second-order valence-corrected chi connectivity index (χ2v) is 4.71. The Hall–Kier alpha value is -1.63. The maximum absolute atomic E-state index is 11.2. The van der Waals surface area contributed by atoms with Gasteiger partial charge in [0.25, 0.3) is 11.5 Å². The number of pyridine rings is 1. The highest BCUT2D eigenvalue weighted by Gasteiger charge is 2.08. The Bertz CT molecular complexity index is 517. The molecule has 0 aliphatic rings. The van der Waals surface area contributed by atoms with E-state index in [4.69, 9.17) is 0 Å². The highest BCUT2D eigenvalue weighted by molar-refractivity contribution is 7.89. The van der Waals surface area contributed by atoms with Gasteiger partial charge >= 0.3 is 0 Å². The second kappa shape index (κ2) is 4.26. The average molecular weight is 230 g/mol. The molecule has 0 unspecified atom stereocenters. The monoisotopic (exact) mass is 230 g/mol. The Balaban J connectivity index is 2.76. The van der Waals surface area contributed by atoms with E-state index in [0.29, 0.717) is 0 Å². The van der Waals surface area contributed by atoms with E-state index < -0.39 is 15.9 Å². The van der Waals surface area contributed by atoms with Gasteiger partial charge in [0, 0.05) is 12.3 Å². The largest absolute Gasteiger partial charge is 0.306 e. The van der Waals surface area contributed by atoms with E-state index in [-0.39, 0.29) is 12.1 Å². The lowest BCUT2D eigenvalue weighted by Gasteiger charge is -2.04. The fourth-order valence-electron chi connectivity index (χ4n) is 0.985. The van der Waals surface area contributed by atoms with Crippen molar-refractivity contribution in [1.82, 2.24) is 9.29 Å². The lowest BCUT2D eigenvalue weighted by Crippen LogP contribution is -2.35. The van der Waals surface area contributed by atoms with Crippen LogP contribution in [-0.4, -0.2) is 25.1 Å². The number of hydrogen-bond donors (Lipinski definition) is 1. The number of amides is 1. The van der Waals surface area contributed by atoms with E-state index >= 15 is 0 Å². The fourth-order valence-corrected chi connectivity index (χ4v) is 1.46. The molecule has 0 spiro atoms. The summed E-state index contributed by atoms with van der Waals surface area (Å²) in [6, 6.07) is 4.40. The third kappa shape index (κ3) is 3.94. The van der Waals surface area contributed by atoms with Crippen LogP contribution in [0, 0.1) is 0 Å². The number of hydrogen-bond acceptors (Lipinski definition) is 4. The van der Waals surface area contributed by atoms with Crippen LogP contribution >= 0.6 is 0 Å². The molecule has 0 bridgehead atoms. The molecule has 1 rings (SSSR count). The van der Waals surface area contributed by atoms with Gasteiger partial charge in [0.2, 0.25) is 10.0 Å². The third-order valence-corrected chi connectivity index (χ3v) is 2.11. The topological polar surface area (TPSA) is 85.2 Å². The molecule has 1 aromatic rings. The van der Waals surface area contributed by atoms with Crippen LogP contribution in [0.2, 0.25) is 0 Å². The van der Waals surface area contributed by atoms with Crippen LogP contribution in [0.25, 0.3) is 0 Å². The molecule has 0 atom stereocenters. The lowest BCUT2D eigenvalue weighted by atomic mass is 10.4. The number of carbonyl (C=O) groups is 1. The van der Waals surface area contributed by atoms with Gasteiger partial charge < -0.3 is 4.57 Å². The normalized spacial score (nSPS) is 11.0. The quantitative estimate of drug-likeness (QED) is 0.716. The van der Waals surface area contributed by atoms with Crippen LogP contribution in [0.1, 0.15) is 0 Å². The molecule has 6 nitrogen and oxygen atoms in total. The SMILES string of the molecule is CS(=O)(=O)NC(=O)Cn1ccccc1=O. The van der Waals surface area contributed by atoms with Crippen LogP contribution < -0.4 is 10.3 Å². The van der Waals surface area contributed by atoms with Crippen molar-refractivity contribution < 1.29 is 13.2 Å². The van der Waals surface area contributed by atoms with Crippen molar-refractivity contribution in [3.63, 3.8) is 0 Å². The molecule has 0 saturated carbocycles. The first-order valence-corrected chi connectivity index (χ1v) is 5.94. The van der Waals surface area contributed by atoms with Gasteiger partial charge in [-0.2, -0.15) is 0 Å². The molecular weight excluding hydrogens is 220 g/mol. The van der Waals surface area contributed by atoms with E-state index in [1.165, 1.54) is 18.3 Å². The number of nitrogens with one attached hydrogen (secondary N) is 1. The summed E-state index contributed by atoms with van der Waals surface area (Å²) in [5.74, 6) is -0.745. The standard InChI is InChI=1S/C8H10N2O4S/c1-15(13,14)9-7(11)6-10-5-3-2-4-8(10)12/h2-5H,6H2,1H3,(H,9,11). The van der Waals surface area contributed by atoms with Crippen LogP contribution in [0.4, 0.5) is 0 Å². The fraction of sp³-hybridized carbons (Fsp3) is 0.250. The molecule has 0 aliphatic heterocycles. The van der Waals surface area contributed by atoms with Gasteiger partial charge in [-0.3, -0.25) is 14.3 Å². The molecule has 15 heavy (non-hydrogen) atoms. The van der Waals surface area contributed by atoms with Gasteiger partial charge in [-0.15, -0.1) is 0 Å². The van der Waals surface area contributed by atoms with Crippen LogP contribution in [0.3, 0.4) is 0 Å². The van der Waals surface area contributed by atoms with Gasteiger partial charge in [0.1, 0.15) is 6.54 Å². The Labute approximate surface area is 86.6 Å². The maximum atomic E-state index is 11.2. The van der Waals surface area contributed by atoms with E-state index in [1.807, 2.05) is 0 Å². The number of carbonyl (C=O) groups excluding carboxylic acids is 1. The minimum absolute atomic E-state index is 0.313. The van der Waals surface area contributed by atoms with Gasteiger partial charge in [-0.1, -0.05) is 6.07 Å². The summed E-state index contributed by atoms with van der Waals surface area (Å²) in [6.45, 7) is -0.313. The first-order valence-electron chi connectivity index (χ1n) is 4.04. The minimum Gasteiger partial charge on any atom is -0.306 e. The minimum atomic E-state index is -3.57. The zero-order chi connectivity index (χ0) is 11.5. The van der Waals surface area contributed by atoms with E-state index in [0.717, 1.165) is 10.8 Å². The molecular formula is C8H10N2O4S. The Morgan fingerprint density at radius 1 is 1.47 bits per heavy atom. The number of aromatic nitrogens is 1. The Morgan fingerprint density at radius 3 is 2.67 bits per heavy atom. The predicted octanol–water partition coefficient (Wildman–Crippen LogP) is -1.08. The van der Waals surface area contributed by atoms with E-state index in [1.54, 1.807) is 10.8 Å². The smallest absolute Gasteiger partial charge is 0.253 e. The molecule has 0 aromatic carbocycles. The number of sulfonamides is 1. The summed E-state index contributed by atoms with van der Waals surface area (Å²) < 4.78 is 24.3. The summed E-state index contributed by atoms with van der Waals surface area (Å²) in [6.07, 6.45) is 2.28. The molecule has 1 amide bonds. The molecule has 0 saturated heterocycles. The first-order chi connectivity index (χ1) is 6.88. The highest BCUT2D eigenvalue weighted by atomic mass is 32.2. The van der Waals surface area contributed by atoms with Gasteiger partial charge in [0.15, 0.2) is 0 Å². The maximum Gasteiger partial charge on any atom is 0.253 e. The molecule has 0 radical (unpaired) electrons. The Kier molecular flexibility index (Phi) is 3.25. The van der Waals surface area contributed by atoms with Gasteiger partial charge in [-0.05, 0) is 6.07 Å². The molecule has 7 heteroatoms. The average Bonchev–Trinajstić information content (AvgIpc) is 2.05. The first kappa shape index (κ1) is 11.4. The molecule has 0 aliphatic carbocycles. The van der Waals surface area contributed by atoms with Gasteiger partial charge in [0.05, 0.1) is 6.26 Å². The van der Waals surface area contributed by atoms with Crippen molar-refractivity contribution in [3.05, 3.63) is 34.7 Å². The second-order valence-electron chi connectivity index (χ2n) is 2.96. The summed E-state index contributed by atoms with van der Waals surface area (Å²) >= 11 is 0. The van der Waals surface area contributed by atoms with E-state index in [9.17, 15) is 18.0 Å². The lowest BCUT2D eigenvalue weighted by molar-refractivity contribution is -0.119. The molecule has 82 valence electrons. The third-order valence-electron chi connectivity index (χ3n) is 1.51. The molecule has 1 aromatic heterocycles. The van der Waals surface area contributed by atoms with Crippen LogP contribution in [0.5, 0.6) is 0 Å². The predicted molar refractivity (Wildman–Crippen MR) is 53.7 cm³/mol.